The molecule has 2 rings (SSSR count). The van der Waals surface area contributed by atoms with E-state index in [1.54, 1.807) is 0 Å². The maximum Gasteiger partial charge on any atom is 0.0898 e. The molecule has 0 aromatic rings. The van der Waals surface area contributed by atoms with Gasteiger partial charge in [-0.2, -0.15) is 0 Å². The Hall–Kier alpha value is -0.160. The molecule has 1 atom stereocenters. The molecule has 0 spiro atoms. The molecule has 2 aliphatic rings. The van der Waals surface area contributed by atoms with E-state index in [0.717, 1.165) is 58.8 Å². The fourth-order valence-corrected chi connectivity index (χ4v) is 2.26. The van der Waals surface area contributed by atoms with Crippen molar-refractivity contribution in [3.8, 4) is 0 Å². The molecule has 0 aliphatic carbocycles. The first kappa shape index (κ1) is 10.4. The average molecular weight is 200 g/mol. The third kappa shape index (κ3) is 2.67. The number of piperidine rings is 1. The summed E-state index contributed by atoms with van der Waals surface area (Å²) in [5.74, 6) is 0. The Morgan fingerprint density at radius 2 is 2.14 bits per heavy atom. The number of aliphatic hydroxyl groups is 1. The van der Waals surface area contributed by atoms with Gasteiger partial charge >= 0.3 is 0 Å². The zero-order chi connectivity index (χ0) is 9.86. The summed E-state index contributed by atoms with van der Waals surface area (Å²) in [4.78, 5) is 2.30. The zero-order valence-corrected chi connectivity index (χ0v) is 8.67. The highest BCUT2D eigenvalue weighted by Crippen LogP contribution is 2.17. The highest BCUT2D eigenvalue weighted by Gasteiger charge is 2.31. The second-order valence-electron chi connectivity index (χ2n) is 4.39. The van der Waals surface area contributed by atoms with E-state index in [0.29, 0.717) is 0 Å². The molecule has 2 fully saturated rings. The van der Waals surface area contributed by atoms with Gasteiger partial charge in [-0.25, -0.2) is 0 Å². The fraction of sp³-hybridized carbons (Fsp3) is 1.00. The lowest BCUT2D eigenvalue weighted by atomic mass is 9.93. The maximum absolute atomic E-state index is 10.3. The van der Waals surface area contributed by atoms with Crippen LogP contribution in [0, 0.1) is 0 Å². The molecular weight excluding hydrogens is 180 g/mol. The summed E-state index contributed by atoms with van der Waals surface area (Å²) in [5.41, 5.74) is -0.504. The van der Waals surface area contributed by atoms with Crippen molar-refractivity contribution in [1.82, 2.24) is 10.2 Å². The first-order chi connectivity index (χ1) is 6.79. The molecule has 1 unspecified atom stereocenters. The van der Waals surface area contributed by atoms with Gasteiger partial charge in [0.1, 0.15) is 0 Å². The van der Waals surface area contributed by atoms with Gasteiger partial charge in [0.25, 0.3) is 0 Å². The van der Waals surface area contributed by atoms with Crippen molar-refractivity contribution >= 4 is 0 Å². The molecule has 0 saturated carbocycles. The van der Waals surface area contributed by atoms with Crippen LogP contribution in [-0.4, -0.2) is 61.5 Å². The second-order valence-corrected chi connectivity index (χ2v) is 4.39. The minimum Gasteiger partial charge on any atom is -0.387 e. The van der Waals surface area contributed by atoms with E-state index < -0.39 is 5.60 Å². The molecule has 2 N–H and O–H groups in total. The Morgan fingerprint density at radius 3 is 2.79 bits per heavy atom. The molecular formula is C10H20N2O2. The summed E-state index contributed by atoms with van der Waals surface area (Å²) in [7, 11) is 0. The minimum atomic E-state index is -0.504. The van der Waals surface area contributed by atoms with Crippen LogP contribution in [0.2, 0.25) is 0 Å². The van der Waals surface area contributed by atoms with Crippen LogP contribution in [0.3, 0.4) is 0 Å². The largest absolute Gasteiger partial charge is 0.387 e. The van der Waals surface area contributed by atoms with Crippen molar-refractivity contribution in [2.45, 2.75) is 18.4 Å². The number of nitrogens with zero attached hydrogens (tertiary/aromatic N) is 1. The normalized spacial score (nSPS) is 35.8. The second kappa shape index (κ2) is 4.57. The lowest BCUT2D eigenvalue weighted by Crippen LogP contribution is -2.54. The minimum absolute atomic E-state index is 0.504. The van der Waals surface area contributed by atoms with Gasteiger partial charge in [-0.1, -0.05) is 0 Å². The number of morpholine rings is 1. The van der Waals surface area contributed by atoms with E-state index in [1.807, 2.05) is 0 Å². The van der Waals surface area contributed by atoms with Crippen LogP contribution in [0.25, 0.3) is 0 Å². The Labute approximate surface area is 85.2 Å². The van der Waals surface area contributed by atoms with Crippen molar-refractivity contribution < 1.29 is 9.84 Å². The van der Waals surface area contributed by atoms with Crippen LogP contribution in [0.1, 0.15) is 12.8 Å². The van der Waals surface area contributed by atoms with Crippen LogP contribution >= 0.6 is 0 Å². The van der Waals surface area contributed by atoms with Crippen molar-refractivity contribution in [3.05, 3.63) is 0 Å². The molecule has 82 valence electrons. The summed E-state index contributed by atoms with van der Waals surface area (Å²) < 4.78 is 5.28. The molecule has 0 amide bonds. The van der Waals surface area contributed by atoms with Crippen LogP contribution in [0.4, 0.5) is 0 Å². The van der Waals surface area contributed by atoms with Gasteiger partial charge in [0.2, 0.25) is 0 Å². The molecule has 0 aromatic heterocycles. The van der Waals surface area contributed by atoms with E-state index in [-0.39, 0.29) is 0 Å². The number of rotatable bonds is 2. The maximum atomic E-state index is 10.3. The quantitative estimate of drug-likeness (QED) is 0.627. The molecule has 2 saturated heterocycles. The molecule has 14 heavy (non-hydrogen) atoms. The van der Waals surface area contributed by atoms with Gasteiger partial charge in [0.15, 0.2) is 0 Å². The van der Waals surface area contributed by atoms with Gasteiger partial charge in [-0.15, -0.1) is 0 Å². The van der Waals surface area contributed by atoms with E-state index in [2.05, 4.69) is 10.2 Å². The first-order valence-corrected chi connectivity index (χ1v) is 5.52. The lowest BCUT2D eigenvalue weighted by Gasteiger charge is -2.38. The molecule has 0 radical (unpaired) electrons. The lowest BCUT2D eigenvalue weighted by molar-refractivity contribution is -0.0431. The smallest absolute Gasteiger partial charge is 0.0898 e. The van der Waals surface area contributed by atoms with E-state index in [1.165, 1.54) is 0 Å². The van der Waals surface area contributed by atoms with Crippen LogP contribution in [0.5, 0.6) is 0 Å². The number of hydrogen-bond donors (Lipinski definition) is 2. The first-order valence-electron chi connectivity index (χ1n) is 5.52. The van der Waals surface area contributed by atoms with Crippen LogP contribution < -0.4 is 5.32 Å². The molecule has 2 aliphatic heterocycles. The third-order valence-electron chi connectivity index (χ3n) is 3.07. The Morgan fingerprint density at radius 1 is 1.36 bits per heavy atom. The standard InChI is InChI=1S/C10H20N2O2/c13-10(2-1-3-11-8-10)9-12-4-6-14-7-5-12/h11,13H,1-9H2. The third-order valence-corrected chi connectivity index (χ3v) is 3.07. The predicted molar refractivity (Wildman–Crippen MR) is 54.3 cm³/mol. The summed E-state index contributed by atoms with van der Waals surface area (Å²) >= 11 is 0. The molecule has 4 heteroatoms. The number of β-amino-alcohol motifs (C(OH)–C–C–N with tert-alkyl or cyclic N) is 1. The van der Waals surface area contributed by atoms with E-state index in [9.17, 15) is 5.11 Å². The van der Waals surface area contributed by atoms with Gasteiger partial charge < -0.3 is 15.2 Å². The SMILES string of the molecule is OC1(CN2CCOCC2)CCCNC1. The molecule has 2 heterocycles. The summed E-state index contributed by atoms with van der Waals surface area (Å²) in [6, 6.07) is 0. The highest BCUT2D eigenvalue weighted by atomic mass is 16.5. The van der Waals surface area contributed by atoms with Gasteiger partial charge in [0.05, 0.1) is 18.8 Å². The highest BCUT2D eigenvalue weighted by molar-refractivity contribution is 4.88. The van der Waals surface area contributed by atoms with Gasteiger partial charge in [0, 0.05) is 26.2 Å². The molecule has 4 nitrogen and oxygen atoms in total. The molecule has 0 aromatic carbocycles. The van der Waals surface area contributed by atoms with Crippen LogP contribution in [0.15, 0.2) is 0 Å². The van der Waals surface area contributed by atoms with Crippen LogP contribution in [-0.2, 0) is 4.74 Å². The number of ether oxygens (including phenoxy) is 1. The van der Waals surface area contributed by atoms with Crippen molar-refractivity contribution in [2.75, 3.05) is 45.9 Å². The van der Waals surface area contributed by atoms with E-state index >= 15 is 0 Å². The number of hydrogen-bond acceptors (Lipinski definition) is 4. The predicted octanol–water partition coefficient (Wildman–Crippen LogP) is -0.567. The van der Waals surface area contributed by atoms with Crippen molar-refractivity contribution in [2.24, 2.45) is 0 Å². The summed E-state index contributed by atoms with van der Waals surface area (Å²) in [6.07, 6.45) is 2.01. The molecule has 0 bridgehead atoms. The van der Waals surface area contributed by atoms with Crippen molar-refractivity contribution in [1.29, 1.82) is 0 Å². The Bertz CT molecular complexity index is 175. The average Bonchev–Trinajstić information content (AvgIpc) is 2.19. The number of nitrogens with one attached hydrogen (secondary N) is 1. The zero-order valence-electron chi connectivity index (χ0n) is 8.67. The fourth-order valence-electron chi connectivity index (χ4n) is 2.26. The van der Waals surface area contributed by atoms with Gasteiger partial charge in [-0.3, -0.25) is 4.90 Å². The Balaban J connectivity index is 1.81. The van der Waals surface area contributed by atoms with Gasteiger partial charge in [-0.05, 0) is 19.4 Å². The van der Waals surface area contributed by atoms with E-state index in [4.69, 9.17) is 4.74 Å². The summed E-state index contributed by atoms with van der Waals surface area (Å²) in [5, 5.41) is 13.5. The van der Waals surface area contributed by atoms with Crippen molar-refractivity contribution in [3.63, 3.8) is 0 Å². The monoisotopic (exact) mass is 200 g/mol. The topological polar surface area (TPSA) is 44.7 Å². The Kier molecular flexibility index (Phi) is 3.38. The summed E-state index contributed by atoms with van der Waals surface area (Å²) in [6.45, 7) is 6.12.